The zero-order chi connectivity index (χ0) is 14.8. The van der Waals surface area contributed by atoms with E-state index in [1.165, 1.54) is 5.52 Å². The maximum atomic E-state index is 5.73. The summed E-state index contributed by atoms with van der Waals surface area (Å²) in [6, 6.07) is 8.54. The molecule has 0 bridgehead atoms. The van der Waals surface area contributed by atoms with Crippen molar-refractivity contribution >= 4 is 11.0 Å². The molecule has 3 N–H and O–H groups in total. The van der Waals surface area contributed by atoms with Crippen LogP contribution in [-0.2, 0) is 13.0 Å². The Morgan fingerprint density at radius 2 is 2.00 bits per heavy atom. The van der Waals surface area contributed by atoms with Gasteiger partial charge in [0.25, 0.3) is 0 Å². The van der Waals surface area contributed by atoms with Crippen molar-refractivity contribution in [3.8, 4) is 0 Å². The van der Waals surface area contributed by atoms with E-state index in [-0.39, 0.29) is 11.5 Å². The van der Waals surface area contributed by atoms with Crippen molar-refractivity contribution in [3.05, 3.63) is 30.1 Å². The molecule has 1 heterocycles. The highest BCUT2D eigenvalue weighted by Gasteiger charge is 2.20. The first-order valence-electron chi connectivity index (χ1n) is 7.35. The number of para-hydroxylation sites is 2. The zero-order valence-corrected chi connectivity index (χ0v) is 13.0. The summed E-state index contributed by atoms with van der Waals surface area (Å²) in [5, 5.41) is 0. The summed E-state index contributed by atoms with van der Waals surface area (Å²) in [5.74, 6) is 6.84. The number of hydrogen-bond donors (Lipinski definition) is 2. The molecular formula is C16H26N4. The Labute approximate surface area is 121 Å². The molecule has 1 unspecified atom stereocenters. The van der Waals surface area contributed by atoms with Crippen LogP contribution in [0.5, 0.6) is 0 Å². The van der Waals surface area contributed by atoms with Gasteiger partial charge in [-0.1, -0.05) is 32.9 Å². The lowest BCUT2D eigenvalue weighted by Gasteiger charge is -2.25. The molecular weight excluding hydrogens is 248 g/mol. The van der Waals surface area contributed by atoms with Crippen LogP contribution in [0, 0.1) is 5.41 Å². The molecule has 4 heteroatoms. The zero-order valence-electron chi connectivity index (χ0n) is 13.0. The molecule has 0 fully saturated rings. The summed E-state index contributed by atoms with van der Waals surface area (Å²) >= 11 is 0. The summed E-state index contributed by atoms with van der Waals surface area (Å²) < 4.78 is 2.28. The van der Waals surface area contributed by atoms with Crippen LogP contribution in [0.4, 0.5) is 0 Å². The molecule has 0 spiro atoms. The molecule has 0 saturated carbocycles. The van der Waals surface area contributed by atoms with Crippen LogP contribution < -0.4 is 11.3 Å². The predicted molar refractivity (Wildman–Crippen MR) is 84.3 cm³/mol. The van der Waals surface area contributed by atoms with Gasteiger partial charge in [-0.2, -0.15) is 0 Å². The second-order valence-corrected chi connectivity index (χ2v) is 6.59. The molecule has 2 rings (SSSR count). The van der Waals surface area contributed by atoms with E-state index in [4.69, 9.17) is 10.8 Å². The second kappa shape index (κ2) is 5.94. The van der Waals surface area contributed by atoms with Gasteiger partial charge in [0, 0.05) is 19.0 Å². The minimum absolute atomic E-state index is 0.247. The Balaban J connectivity index is 2.28. The molecule has 0 aliphatic heterocycles. The molecule has 20 heavy (non-hydrogen) atoms. The van der Waals surface area contributed by atoms with Gasteiger partial charge in [0.05, 0.1) is 11.0 Å². The van der Waals surface area contributed by atoms with Gasteiger partial charge >= 0.3 is 0 Å². The Morgan fingerprint density at radius 1 is 1.30 bits per heavy atom. The summed E-state index contributed by atoms with van der Waals surface area (Å²) in [7, 11) is 0. The molecule has 1 aromatic carbocycles. The molecule has 0 saturated heterocycles. The Hall–Kier alpha value is -1.39. The lowest BCUT2D eigenvalue weighted by Crippen LogP contribution is -2.40. The molecule has 110 valence electrons. The number of hydrogen-bond acceptors (Lipinski definition) is 3. The highest BCUT2D eigenvalue weighted by Crippen LogP contribution is 2.23. The Bertz CT molecular complexity index is 565. The van der Waals surface area contributed by atoms with Crippen LogP contribution >= 0.6 is 0 Å². The van der Waals surface area contributed by atoms with Gasteiger partial charge in [-0.15, -0.1) is 0 Å². The van der Waals surface area contributed by atoms with Gasteiger partial charge in [0.2, 0.25) is 0 Å². The molecule has 4 nitrogen and oxygen atoms in total. The van der Waals surface area contributed by atoms with Gasteiger partial charge in [-0.25, -0.2) is 4.98 Å². The molecule has 0 aliphatic rings. The smallest absolute Gasteiger partial charge is 0.111 e. The first kappa shape index (κ1) is 15.0. The lowest BCUT2D eigenvalue weighted by atomic mass is 9.87. The third kappa shape index (κ3) is 3.38. The van der Waals surface area contributed by atoms with E-state index < -0.39 is 0 Å². The van der Waals surface area contributed by atoms with Gasteiger partial charge in [0.1, 0.15) is 5.82 Å². The fraction of sp³-hybridized carbons (Fsp3) is 0.562. The van der Waals surface area contributed by atoms with Crippen molar-refractivity contribution in [2.45, 2.75) is 53.1 Å². The average Bonchev–Trinajstić information content (AvgIpc) is 2.73. The standard InChI is InChI=1S/C16H26N4/c1-5-20-14-9-7-6-8-13(14)18-15(20)10-12(19-17)11-16(2,3)4/h6-9,12,19H,5,10-11,17H2,1-4H3. The van der Waals surface area contributed by atoms with Crippen LogP contribution in [0.2, 0.25) is 0 Å². The van der Waals surface area contributed by atoms with E-state index >= 15 is 0 Å². The first-order valence-corrected chi connectivity index (χ1v) is 7.35. The monoisotopic (exact) mass is 274 g/mol. The third-order valence-electron chi connectivity index (χ3n) is 3.57. The summed E-state index contributed by atoms with van der Waals surface area (Å²) in [6.07, 6.45) is 1.88. The maximum Gasteiger partial charge on any atom is 0.111 e. The van der Waals surface area contributed by atoms with Gasteiger partial charge in [-0.05, 0) is 30.9 Å². The first-order chi connectivity index (χ1) is 9.44. The Kier molecular flexibility index (Phi) is 4.45. The number of fused-ring (bicyclic) bond motifs is 1. The molecule has 1 aromatic heterocycles. The number of nitrogens with one attached hydrogen (secondary N) is 1. The number of nitrogens with zero attached hydrogens (tertiary/aromatic N) is 2. The normalized spacial score (nSPS) is 13.8. The topological polar surface area (TPSA) is 55.9 Å². The van der Waals surface area contributed by atoms with Crippen molar-refractivity contribution < 1.29 is 0 Å². The van der Waals surface area contributed by atoms with Crippen molar-refractivity contribution in [3.63, 3.8) is 0 Å². The number of nitrogens with two attached hydrogens (primary N) is 1. The van der Waals surface area contributed by atoms with Gasteiger partial charge < -0.3 is 4.57 Å². The summed E-state index contributed by atoms with van der Waals surface area (Å²) in [4.78, 5) is 4.77. The molecule has 2 aromatic rings. The predicted octanol–water partition coefficient (Wildman–Crippen LogP) is 2.87. The fourth-order valence-corrected chi connectivity index (χ4v) is 2.78. The number of aryl methyl sites for hydroxylation is 1. The van der Waals surface area contributed by atoms with Gasteiger partial charge in [0.15, 0.2) is 0 Å². The highest BCUT2D eigenvalue weighted by molar-refractivity contribution is 5.75. The number of benzene rings is 1. The average molecular weight is 274 g/mol. The maximum absolute atomic E-state index is 5.73. The number of hydrazine groups is 1. The minimum atomic E-state index is 0.247. The van der Waals surface area contributed by atoms with Crippen LogP contribution in [0.3, 0.4) is 0 Å². The van der Waals surface area contributed by atoms with Crippen LogP contribution in [-0.4, -0.2) is 15.6 Å². The molecule has 0 amide bonds. The molecule has 0 radical (unpaired) electrons. The molecule has 1 atom stereocenters. The SMILES string of the molecule is CCn1c(CC(CC(C)(C)C)NN)nc2ccccc21. The van der Waals surface area contributed by atoms with Crippen molar-refractivity contribution in [1.82, 2.24) is 15.0 Å². The minimum Gasteiger partial charge on any atom is -0.328 e. The van der Waals surface area contributed by atoms with E-state index in [9.17, 15) is 0 Å². The fourth-order valence-electron chi connectivity index (χ4n) is 2.78. The largest absolute Gasteiger partial charge is 0.328 e. The van der Waals surface area contributed by atoms with E-state index in [2.05, 4.69) is 55.9 Å². The van der Waals surface area contributed by atoms with E-state index in [0.717, 1.165) is 30.7 Å². The molecule has 0 aliphatic carbocycles. The van der Waals surface area contributed by atoms with Crippen LogP contribution in [0.25, 0.3) is 11.0 Å². The summed E-state index contributed by atoms with van der Waals surface area (Å²) in [5.41, 5.74) is 5.47. The quantitative estimate of drug-likeness (QED) is 0.651. The number of rotatable bonds is 5. The van der Waals surface area contributed by atoms with Crippen molar-refractivity contribution in [2.24, 2.45) is 11.3 Å². The third-order valence-corrected chi connectivity index (χ3v) is 3.57. The van der Waals surface area contributed by atoms with E-state index in [1.54, 1.807) is 0 Å². The number of imidazole rings is 1. The van der Waals surface area contributed by atoms with E-state index in [1.807, 2.05) is 6.07 Å². The van der Waals surface area contributed by atoms with E-state index in [0.29, 0.717) is 0 Å². The highest BCUT2D eigenvalue weighted by atomic mass is 15.2. The van der Waals surface area contributed by atoms with Crippen LogP contribution in [0.1, 0.15) is 39.9 Å². The Morgan fingerprint density at radius 3 is 2.60 bits per heavy atom. The second-order valence-electron chi connectivity index (χ2n) is 6.59. The van der Waals surface area contributed by atoms with Gasteiger partial charge in [-0.3, -0.25) is 11.3 Å². The lowest BCUT2D eigenvalue weighted by molar-refractivity contribution is 0.305. The number of aromatic nitrogens is 2. The van der Waals surface area contributed by atoms with Crippen molar-refractivity contribution in [2.75, 3.05) is 0 Å². The summed E-state index contributed by atoms with van der Waals surface area (Å²) in [6.45, 7) is 9.80. The van der Waals surface area contributed by atoms with Crippen molar-refractivity contribution in [1.29, 1.82) is 0 Å². The van der Waals surface area contributed by atoms with Crippen LogP contribution in [0.15, 0.2) is 24.3 Å².